The monoisotopic (exact) mass is 191 g/mol. The van der Waals surface area contributed by atoms with Crippen LogP contribution in [0.3, 0.4) is 0 Å². The summed E-state index contributed by atoms with van der Waals surface area (Å²) in [7, 11) is 0. The summed E-state index contributed by atoms with van der Waals surface area (Å²) in [5.41, 5.74) is 0. The minimum absolute atomic E-state index is 0.523. The van der Waals surface area contributed by atoms with Gasteiger partial charge in [-0.3, -0.25) is 0 Å². The summed E-state index contributed by atoms with van der Waals surface area (Å²) in [5.74, 6) is -0.854. The first kappa shape index (κ1) is 9.45. The summed E-state index contributed by atoms with van der Waals surface area (Å²) in [6.45, 7) is 0. The van der Waals surface area contributed by atoms with Gasteiger partial charge in [-0.15, -0.1) is 11.8 Å². The van der Waals surface area contributed by atoms with Crippen molar-refractivity contribution in [3.63, 3.8) is 0 Å². The molecule has 0 atom stereocenters. The van der Waals surface area contributed by atoms with Crippen LogP contribution >= 0.6 is 11.8 Å². The zero-order valence-electron chi connectivity index (χ0n) is 6.06. The Kier molecular flexibility index (Phi) is 3.03. The molecule has 0 unspecified atom stereocenters. The molecule has 12 heavy (non-hydrogen) atoms. The fourth-order valence-electron chi connectivity index (χ4n) is 0.626. The third-order valence-corrected chi connectivity index (χ3v) is 2.11. The molecule has 0 N–H and O–H groups in total. The van der Waals surface area contributed by atoms with E-state index in [1.54, 1.807) is 24.3 Å². The lowest BCUT2D eigenvalue weighted by molar-refractivity contribution is -0.105. The average molecular weight is 191 g/mol. The third kappa shape index (κ3) is 3.67. The number of alkyl halides is 3. The minimum atomic E-state index is -4.10. The van der Waals surface area contributed by atoms with Crippen LogP contribution in [0.15, 0.2) is 29.2 Å². The fraction of sp³-hybridized carbons (Fsp3) is 0.250. The Bertz CT molecular complexity index is 230. The van der Waals surface area contributed by atoms with Crippen molar-refractivity contribution in [3.05, 3.63) is 30.3 Å². The molecule has 0 aliphatic carbocycles. The summed E-state index contributed by atoms with van der Waals surface area (Å²) in [5, 5.41) is 0. The second-order valence-electron chi connectivity index (χ2n) is 2.13. The molecule has 0 saturated heterocycles. The maximum absolute atomic E-state index is 11.7. The molecule has 0 amide bonds. The molecule has 0 nitrogen and oxygen atoms in total. The zero-order valence-corrected chi connectivity index (χ0v) is 6.88. The van der Waals surface area contributed by atoms with Crippen molar-refractivity contribution in [2.24, 2.45) is 0 Å². The summed E-state index contributed by atoms with van der Waals surface area (Å²) >= 11 is 0.747. The Hall–Kier alpha value is -0.640. The smallest absolute Gasteiger partial charge is 0.170 e. The predicted octanol–water partition coefficient (Wildman–Crippen LogP) is 3.14. The van der Waals surface area contributed by atoms with Crippen LogP contribution in [-0.2, 0) is 0 Å². The van der Waals surface area contributed by atoms with E-state index in [-0.39, 0.29) is 0 Å². The molecule has 0 bridgehead atoms. The van der Waals surface area contributed by atoms with Crippen molar-refractivity contribution in [3.8, 4) is 0 Å². The van der Waals surface area contributed by atoms with Gasteiger partial charge < -0.3 is 0 Å². The second kappa shape index (κ2) is 3.85. The third-order valence-electron chi connectivity index (χ3n) is 1.07. The standard InChI is InChI=1S/C8H6F3S/c9-8(10,11)6-12-7-4-2-1-3-5-7/h1-4H,6H2. The van der Waals surface area contributed by atoms with Gasteiger partial charge in [0.15, 0.2) is 0 Å². The van der Waals surface area contributed by atoms with E-state index < -0.39 is 11.9 Å². The molecular weight excluding hydrogens is 185 g/mol. The number of benzene rings is 1. The first-order valence-corrected chi connectivity index (χ1v) is 4.23. The zero-order chi connectivity index (χ0) is 9.03. The van der Waals surface area contributed by atoms with E-state index in [4.69, 9.17) is 0 Å². The highest BCUT2D eigenvalue weighted by Gasteiger charge is 2.26. The first-order chi connectivity index (χ1) is 5.58. The Morgan fingerprint density at radius 3 is 2.58 bits per heavy atom. The lowest BCUT2D eigenvalue weighted by atomic mass is 10.4. The van der Waals surface area contributed by atoms with Crippen LogP contribution in [0.25, 0.3) is 0 Å². The van der Waals surface area contributed by atoms with Gasteiger partial charge in [0, 0.05) is 4.90 Å². The SMILES string of the molecule is FC(F)(F)CSc1[c]cccc1. The lowest BCUT2D eigenvalue weighted by Crippen LogP contribution is -2.10. The van der Waals surface area contributed by atoms with Crippen LogP contribution in [0.2, 0.25) is 0 Å². The molecule has 0 heterocycles. The number of halogens is 3. The van der Waals surface area contributed by atoms with Crippen molar-refractivity contribution < 1.29 is 13.2 Å². The quantitative estimate of drug-likeness (QED) is 0.647. The van der Waals surface area contributed by atoms with E-state index in [1.807, 2.05) is 0 Å². The minimum Gasteiger partial charge on any atom is -0.170 e. The Balaban J connectivity index is 2.44. The summed E-state index contributed by atoms with van der Waals surface area (Å²) in [6.07, 6.45) is -4.10. The molecule has 0 aromatic heterocycles. The molecule has 1 aromatic carbocycles. The molecule has 0 fully saturated rings. The van der Waals surface area contributed by atoms with Crippen molar-refractivity contribution in [2.45, 2.75) is 11.1 Å². The number of hydrogen-bond donors (Lipinski definition) is 0. The van der Waals surface area contributed by atoms with Crippen LogP contribution in [0.4, 0.5) is 13.2 Å². The predicted molar refractivity (Wildman–Crippen MR) is 42.1 cm³/mol. The highest BCUT2D eigenvalue weighted by atomic mass is 32.2. The van der Waals surface area contributed by atoms with E-state index in [9.17, 15) is 13.2 Å². The van der Waals surface area contributed by atoms with Gasteiger partial charge in [-0.25, -0.2) is 0 Å². The van der Waals surface area contributed by atoms with E-state index in [0.717, 1.165) is 11.8 Å². The molecule has 0 spiro atoms. The molecule has 4 heteroatoms. The molecule has 0 saturated carbocycles. The van der Waals surface area contributed by atoms with Crippen LogP contribution in [-0.4, -0.2) is 11.9 Å². The van der Waals surface area contributed by atoms with Crippen LogP contribution < -0.4 is 0 Å². The van der Waals surface area contributed by atoms with Crippen LogP contribution in [0.5, 0.6) is 0 Å². The number of thioether (sulfide) groups is 1. The maximum Gasteiger partial charge on any atom is 0.398 e. The summed E-state index contributed by atoms with van der Waals surface area (Å²) in [6, 6.07) is 9.32. The van der Waals surface area contributed by atoms with E-state index in [1.165, 1.54) is 0 Å². The van der Waals surface area contributed by atoms with Gasteiger partial charge >= 0.3 is 6.18 Å². The molecule has 1 radical (unpaired) electrons. The molecule has 0 aliphatic rings. The normalized spacial score (nSPS) is 11.6. The van der Waals surface area contributed by atoms with Crippen molar-refractivity contribution in [2.75, 3.05) is 5.75 Å². The van der Waals surface area contributed by atoms with E-state index in [0.29, 0.717) is 4.90 Å². The van der Waals surface area contributed by atoms with Crippen molar-refractivity contribution in [1.29, 1.82) is 0 Å². The van der Waals surface area contributed by atoms with Gasteiger partial charge in [0.25, 0.3) is 0 Å². The summed E-state index contributed by atoms with van der Waals surface area (Å²) < 4.78 is 35.1. The molecule has 1 rings (SSSR count). The average Bonchev–Trinajstić information content (AvgIpc) is 2.02. The topological polar surface area (TPSA) is 0 Å². The van der Waals surface area contributed by atoms with Crippen molar-refractivity contribution >= 4 is 11.8 Å². The van der Waals surface area contributed by atoms with Crippen LogP contribution in [0, 0.1) is 6.07 Å². The van der Waals surface area contributed by atoms with E-state index in [2.05, 4.69) is 6.07 Å². The van der Waals surface area contributed by atoms with Crippen molar-refractivity contribution in [1.82, 2.24) is 0 Å². The molecule has 1 aromatic rings. The molecule has 0 aliphatic heterocycles. The second-order valence-corrected chi connectivity index (χ2v) is 3.15. The lowest BCUT2D eigenvalue weighted by Gasteiger charge is -2.04. The summed E-state index contributed by atoms with van der Waals surface area (Å²) in [4.78, 5) is 0.523. The Labute approximate surface area is 72.8 Å². The van der Waals surface area contributed by atoms with Gasteiger partial charge in [0.2, 0.25) is 0 Å². The Morgan fingerprint density at radius 2 is 2.08 bits per heavy atom. The van der Waals surface area contributed by atoms with Gasteiger partial charge in [-0.2, -0.15) is 13.2 Å². The Morgan fingerprint density at radius 1 is 1.33 bits per heavy atom. The highest BCUT2D eigenvalue weighted by Crippen LogP contribution is 2.26. The number of rotatable bonds is 2. The maximum atomic E-state index is 11.7. The largest absolute Gasteiger partial charge is 0.398 e. The van der Waals surface area contributed by atoms with Gasteiger partial charge in [0.05, 0.1) is 5.75 Å². The first-order valence-electron chi connectivity index (χ1n) is 3.24. The van der Waals surface area contributed by atoms with Gasteiger partial charge in [-0.05, 0) is 12.1 Å². The number of hydrogen-bond acceptors (Lipinski definition) is 1. The van der Waals surface area contributed by atoms with Crippen LogP contribution in [0.1, 0.15) is 0 Å². The fourth-order valence-corrected chi connectivity index (χ4v) is 1.27. The van der Waals surface area contributed by atoms with Gasteiger partial charge in [0.1, 0.15) is 0 Å². The van der Waals surface area contributed by atoms with Gasteiger partial charge in [-0.1, -0.05) is 18.2 Å². The highest BCUT2D eigenvalue weighted by molar-refractivity contribution is 7.99. The molecule has 65 valence electrons. The van der Waals surface area contributed by atoms with E-state index >= 15 is 0 Å². The molecular formula is C8H6F3S.